The average Bonchev–Trinajstić information content (AvgIpc) is 2.48. The second-order valence-electron chi connectivity index (χ2n) is 5.03. The Labute approximate surface area is 120 Å². The lowest BCUT2D eigenvalue weighted by Gasteiger charge is -2.17. The summed E-state index contributed by atoms with van der Waals surface area (Å²) in [5, 5.41) is 3.31. The molecule has 0 unspecified atom stereocenters. The van der Waals surface area contributed by atoms with Crippen molar-refractivity contribution in [2.75, 3.05) is 47.4 Å². The fraction of sp³-hybridized carbons (Fsp3) is 0.533. The maximum atomic E-state index is 5.75. The van der Waals surface area contributed by atoms with Crippen molar-refractivity contribution in [3.8, 4) is 11.5 Å². The minimum atomic E-state index is 0.641. The highest BCUT2D eigenvalue weighted by Crippen LogP contribution is 2.28. The number of ether oxygens (including phenoxy) is 2. The minimum Gasteiger partial charge on any atom is -0.493 e. The molecule has 1 heterocycles. The number of amidine groups is 1. The van der Waals surface area contributed by atoms with Crippen molar-refractivity contribution < 1.29 is 9.47 Å². The van der Waals surface area contributed by atoms with Crippen LogP contribution in [0.25, 0.3) is 0 Å². The van der Waals surface area contributed by atoms with Crippen molar-refractivity contribution in [2.24, 2.45) is 4.99 Å². The first-order valence-electron chi connectivity index (χ1n) is 6.95. The molecule has 0 aromatic heterocycles. The van der Waals surface area contributed by atoms with E-state index < -0.39 is 0 Å². The molecule has 0 saturated heterocycles. The van der Waals surface area contributed by atoms with Gasteiger partial charge in [0.25, 0.3) is 0 Å². The summed E-state index contributed by atoms with van der Waals surface area (Å²) in [6, 6.07) is 5.94. The van der Waals surface area contributed by atoms with E-state index in [2.05, 4.69) is 15.2 Å². The van der Waals surface area contributed by atoms with Crippen molar-refractivity contribution in [3.05, 3.63) is 23.8 Å². The Kier molecular flexibility index (Phi) is 5.24. The molecule has 1 aromatic rings. The summed E-state index contributed by atoms with van der Waals surface area (Å²) in [5.74, 6) is 2.46. The van der Waals surface area contributed by atoms with Gasteiger partial charge >= 0.3 is 0 Å². The lowest BCUT2D eigenvalue weighted by molar-refractivity contribution is 0.250. The van der Waals surface area contributed by atoms with E-state index in [4.69, 9.17) is 9.47 Å². The fourth-order valence-electron chi connectivity index (χ4n) is 2.00. The normalized spacial score (nSPS) is 14.7. The van der Waals surface area contributed by atoms with Gasteiger partial charge in [0, 0.05) is 25.2 Å². The van der Waals surface area contributed by atoms with E-state index in [1.807, 2.05) is 32.3 Å². The van der Waals surface area contributed by atoms with Crippen molar-refractivity contribution in [2.45, 2.75) is 6.42 Å². The van der Waals surface area contributed by atoms with Crippen LogP contribution in [0.1, 0.15) is 12.0 Å². The Morgan fingerprint density at radius 2 is 2.15 bits per heavy atom. The molecule has 0 amide bonds. The van der Waals surface area contributed by atoms with E-state index in [1.165, 1.54) is 0 Å². The summed E-state index contributed by atoms with van der Waals surface area (Å²) in [6.07, 6.45) is 1.09. The Morgan fingerprint density at radius 1 is 1.30 bits per heavy atom. The first kappa shape index (κ1) is 14.7. The molecule has 5 nitrogen and oxygen atoms in total. The zero-order valence-electron chi connectivity index (χ0n) is 12.5. The van der Waals surface area contributed by atoms with Crippen LogP contribution in [0.4, 0.5) is 0 Å². The van der Waals surface area contributed by atoms with Crippen LogP contribution in [0.5, 0.6) is 11.5 Å². The molecule has 1 aliphatic heterocycles. The number of hydrogen-bond donors (Lipinski definition) is 1. The minimum absolute atomic E-state index is 0.641. The molecular weight excluding hydrogens is 254 g/mol. The van der Waals surface area contributed by atoms with Gasteiger partial charge in [-0.15, -0.1) is 0 Å². The third-order valence-corrected chi connectivity index (χ3v) is 3.13. The number of nitrogens with one attached hydrogen (secondary N) is 1. The molecular formula is C15H23N3O2. The number of nitrogens with zero attached hydrogens (tertiary/aromatic N) is 2. The lowest BCUT2D eigenvalue weighted by Crippen LogP contribution is -2.30. The molecule has 0 radical (unpaired) electrons. The zero-order chi connectivity index (χ0) is 14.4. The van der Waals surface area contributed by atoms with Gasteiger partial charge in [-0.3, -0.25) is 4.99 Å². The SMILES string of the molecule is COc1cc(C2=NCCCN2)ccc1OCCN(C)C. The number of hydrogen-bond acceptors (Lipinski definition) is 5. The van der Waals surface area contributed by atoms with Crippen LogP contribution < -0.4 is 14.8 Å². The van der Waals surface area contributed by atoms with Crippen LogP contribution in [0, 0.1) is 0 Å². The fourth-order valence-corrected chi connectivity index (χ4v) is 2.00. The van der Waals surface area contributed by atoms with Crippen molar-refractivity contribution in [3.63, 3.8) is 0 Å². The number of benzene rings is 1. The third kappa shape index (κ3) is 3.87. The smallest absolute Gasteiger partial charge is 0.161 e. The predicted octanol–water partition coefficient (Wildman–Crippen LogP) is 1.38. The maximum absolute atomic E-state index is 5.75. The molecule has 5 heteroatoms. The topological polar surface area (TPSA) is 46.1 Å². The molecule has 0 aliphatic carbocycles. The molecule has 1 aliphatic rings. The maximum Gasteiger partial charge on any atom is 0.161 e. The highest BCUT2D eigenvalue weighted by molar-refractivity contribution is 5.99. The van der Waals surface area contributed by atoms with Gasteiger partial charge in [-0.1, -0.05) is 0 Å². The Bertz CT molecular complexity index is 472. The van der Waals surface area contributed by atoms with Crippen molar-refractivity contribution in [1.82, 2.24) is 10.2 Å². The quantitative estimate of drug-likeness (QED) is 0.853. The molecule has 0 bridgehead atoms. The number of rotatable bonds is 6. The molecule has 0 fully saturated rings. The lowest BCUT2D eigenvalue weighted by atomic mass is 10.1. The van der Waals surface area contributed by atoms with Crippen molar-refractivity contribution in [1.29, 1.82) is 0 Å². The van der Waals surface area contributed by atoms with Crippen LogP contribution >= 0.6 is 0 Å². The van der Waals surface area contributed by atoms with Gasteiger partial charge in [-0.05, 0) is 38.7 Å². The second-order valence-corrected chi connectivity index (χ2v) is 5.03. The van der Waals surface area contributed by atoms with E-state index in [0.717, 1.165) is 49.0 Å². The van der Waals surface area contributed by atoms with Gasteiger partial charge in [0.1, 0.15) is 12.4 Å². The van der Waals surface area contributed by atoms with Gasteiger partial charge < -0.3 is 19.7 Å². The van der Waals surface area contributed by atoms with Gasteiger partial charge in [-0.2, -0.15) is 0 Å². The highest BCUT2D eigenvalue weighted by atomic mass is 16.5. The van der Waals surface area contributed by atoms with Crippen LogP contribution in [0.2, 0.25) is 0 Å². The van der Waals surface area contributed by atoms with Crippen LogP contribution in [-0.2, 0) is 0 Å². The first-order valence-corrected chi connectivity index (χ1v) is 6.95. The predicted molar refractivity (Wildman–Crippen MR) is 81.1 cm³/mol. The zero-order valence-corrected chi connectivity index (χ0v) is 12.5. The number of likely N-dealkylation sites (N-methyl/N-ethyl adjacent to an activating group) is 1. The molecule has 0 saturated carbocycles. The van der Waals surface area contributed by atoms with E-state index >= 15 is 0 Å². The molecule has 1 aromatic carbocycles. The Hall–Kier alpha value is -1.75. The molecule has 2 rings (SSSR count). The molecule has 0 spiro atoms. The van der Waals surface area contributed by atoms with E-state index in [0.29, 0.717) is 6.61 Å². The first-order chi connectivity index (χ1) is 9.70. The number of aliphatic imine (C=N–C) groups is 1. The van der Waals surface area contributed by atoms with E-state index in [1.54, 1.807) is 7.11 Å². The summed E-state index contributed by atoms with van der Waals surface area (Å²) in [6.45, 7) is 3.37. The number of methoxy groups -OCH3 is 1. The van der Waals surface area contributed by atoms with Gasteiger partial charge in [0.05, 0.1) is 7.11 Å². The Morgan fingerprint density at radius 3 is 2.80 bits per heavy atom. The van der Waals surface area contributed by atoms with E-state index in [9.17, 15) is 0 Å². The average molecular weight is 277 g/mol. The molecule has 20 heavy (non-hydrogen) atoms. The van der Waals surface area contributed by atoms with Gasteiger partial charge in [0.2, 0.25) is 0 Å². The summed E-state index contributed by atoms with van der Waals surface area (Å²) < 4.78 is 11.2. The summed E-state index contributed by atoms with van der Waals surface area (Å²) in [7, 11) is 5.71. The highest BCUT2D eigenvalue weighted by Gasteiger charge is 2.11. The van der Waals surface area contributed by atoms with Gasteiger partial charge in [-0.25, -0.2) is 0 Å². The molecule has 0 atom stereocenters. The summed E-state index contributed by atoms with van der Waals surface area (Å²) in [4.78, 5) is 6.58. The monoisotopic (exact) mass is 277 g/mol. The molecule has 110 valence electrons. The van der Waals surface area contributed by atoms with E-state index in [-0.39, 0.29) is 0 Å². The summed E-state index contributed by atoms with van der Waals surface area (Å²) >= 11 is 0. The standard InChI is InChI=1S/C15H23N3O2/c1-18(2)9-10-20-13-6-5-12(11-14(13)19-3)15-16-7-4-8-17-15/h5-6,11H,4,7-10H2,1-3H3,(H,16,17). The third-order valence-electron chi connectivity index (χ3n) is 3.13. The molecule has 1 N–H and O–H groups in total. The largest absolute Gasteiger partial charge is 0.493 e. The Balaban J connectivity index is 2.09. The second kappa shape index (κ2) is 7.14. The van der Waals surface area contributed by atoms with Crippen LogP contribution in [0.3, 0.4) is 0 Å². The van der Waals surface area contributed by atoms with Gasteiger partial charge in [0.15, 0.2) is 11.5 Å². The van der Waals surface area contributed by atoms with Crippen LogP contribution in [-0.4, -0.2) is 58.2 Å². The van der Waals surface area contributed by atoms with Crippen LogP contribution in [0.15, 0.2) is 23.2 Å². The van der Waals surface area contributed by atoms with Crippen molar-refractivity contribution >= 4 is 5.84 Å². The summed E-state index contributed by atoms with van der Waals surface area (Å²) in [5.41, 5.74) is 1.04.